The molecule has 0 fully saturated rings. The molecule has 2 nitrogen and oxygen atoms in total. The Kier molecular flexibility index (Phi) is 2.83. The second-order valence-electron chi connectivity index (χ2n) is 3.30. The Hall–Kier alpha value is -1.55. The number of halogens is 3. The number of aromatic nitrogens is 2. The first-order chi connectivity index (χ1) is 7.58. The van der Waals surface area contributed by atoms with Crippen molar-refractivity contribution in [3.8, 4) is 11.3 Å². The summed E-state index contributed by atoms with van der Waals surface area (Å²) in [5.41, 5.74) is 1.72. The van der Waals surface area contributed by atoms with E-state index in [2.05, 4.69) is 9.97 Å². The fraction of sp³-hybridized carbons (Fsp3) is 0.0909. The minimum atomic E-state index is -0.911. The van der Waals surface area contributed by atoms with Crippen molar-refractivity contribution in [2.24, 2.45) is 0 Å². The van der Waals surface area contributed by atoms with E-state index in [1.807, 2.05) is 0 Å². The fourth-order valence-electron chi connectivity index (χ4n) is 1.36. The van der Waals surface area contributed by atoms with Crippen LogP contribution in [-0.4, -0.2) is 9.97 Å². The molecule has 0 bridgehead atoms. The Labute approximate surface area is 95.9 Å². The van der Waals surface area contributed by atoms with Gasteiger partial charge in [0.25, 0.3) is 0 Å². The molecule has 2 rings (SSSR count). The van der Waals surface area contributed by atoms with Gasteiger partial charge in [-0.15, -0.1) is 0 Å². The van der Waals surface area contributed by atoms with Crippen LogP contribution in [0.15, 0.2) is 24.4 Å². The lowest BCUT2D eigenvalue weighted by Crippen LogP contribution is -1.93. The van der Waals surface area contributed by atoms with Gasteiger partial charge in [-0.1, -0.05) is 0 Å². The Morgan fingerprint density at radius 2 is 1.94 bits per heavy atom. The summed E-state index contributed by atoms with van der Waals surface area (Å²) in [4.78, 5) is 7.77. The van der Waals surface area contributed by atoms with Gasteiger partial charge in [0, 0.05) is 11.8 Å². The smallest absolute Gasteiger partial charge is 0.222 e. The monoisotopic (exact) mass is 240 g/mol. The van der Waals surface area contributed by atoms with Gasteiger partial charge in [0.1, 0.15) is 0 Å². The van der Waals surface area contributed by atoms with Crippen molar-refractivity contribution in [2.75, 3.05) is 0 Å². The molecule has 0 aliphatic carbocycles. The molecular formula is C11H7ClF2N2. The summed E-state index contributed by atoms with van der Waals surface area (Å²) >= 11 is 5.65. The highest BCUT2D eigenvalue weighted by Gasteiger charge is 2.09. The summed E-state index contributed by atoms with van der Waals surface area (Å²) in [5, 5.41) is 0.0744. The molecule has 82 valence electrons. The first-order valence-electron chi connectivity index (χ1n) is 4.52. The second-order valence-corrected chi connectivity index (χ2v) is 3.64. The summed E-state index contributed by atoms with van der Waals surface area (Å²) in [6.07, 6.45) is 1.53. The fourth-order valence-corrected chi connectivity index (χ4v) is 1.49. The maximum Gasteiger partial charge on any atom is 0.222 e. The topological polar surface area (TPSA) is 25.8 Å². The van der Waals surface area contributed by atoms with Crippen molar-refractivity contribution >= 4 is 11.6 Å². The summed E-state index contributed by atoms with van der Waals surface area (Å²) in [5.74, 6) is -1.80. The zero-order chi connectivity index (χ0) is 11.7. The standard InChI is InChI=1S/C11H7ClF2N2/c1-6-5-15-11(12)16-10(6)7-2-3-8(13)9(14)4-7/h2-5H,1H3. The lowest BCUT2D eigenvalue weighted by Gasteiger charge is -2.05. The van der Waals surface area contributed by atoms with Crippen LogP contribution in [-0.2, 0) is 0 Å². The van der Waals surface area contributed by atoms with E-state index in [0.29, 0.717) is 11.3 Å². The van der Waals surface area contributed by atoms with Gasteiger partial charge >= 0.3 is 0 Å². The molecule has 0 aliphatic rings. The van der Waals surface area contributed by atoms with Crippen molar-refractivity contribution < 1.29 is 8.78 Å². The molecule has 2 aromatic rings. The zero-order valence-corrected chi connectivity index (χ0v) is 9.09. The molecule has 0 radical (unpaired) electrons. The third kappa shape index (κ3) is 2.02. The average molecular weight is 241 g/mol. The van der Waals surface area contributed by atoms with E-state index in [4.69, 9.17) is 11.6 Å². The molecule has 0 N–H and O–H groups in total. The maximum absolute atomic E-state index is 13.0. The number of rotatable bonds is 1. The van der Waals surface area contributed by atoms with Gasteiger partial charge in [-0.2, -0.15) is 0 Å². The zero-order valence-electron chi connectivity index (χ0n) is 8.34. The summed E-state index contributed by atoms with van der Waals surface area (Å²) in [6.45, 7) is 1.77. The molecule has 1 heterocycles. The van der Waals surface area contributed by atoms with E-state index in [-0.39, 0.29) is 5.28 Å². The SMILES string of the molecule is Cc1cnc(Cl)nc1-c1ccc(F)c(F)c1. The van der Waals surface area contributed by atoms with Crippen molar-refractivity contribution in [1.29, 1.82) is 0 Å². The van der Waals surface area contributed by atoms with Crippen LogP contribution < -0.4 is 0 Å². The third-order valence-corrected chi connectivity index (χ3v) is 2.32. The maximum atomic E-state index is 13.0. The first-order valence-corrected chi connectivity index (χ1v) is 4.90. The van der Waals surface area contributed by atoms with Gasteiger partial charge in [-0.3, -0.25) is 0 Å². The van der Waals surface area contributed by atoms with Crippen LogP contribution in [0.25, 0.3) is 11.3 Å². The Morgan fingerprint density at radius 1 is 1.19 bits per heavy atom. The van der Waals surface area contributed by atoms with E-state index in [1.54, 1.807) is 6.92 Å². The van der Waals surface area contributed by atoms with E-state index < -0.39 is 11.6 Å². The number of nitrogens with zero attached hydrogens (tertiary/aromatic N) is 2. The molecule has 0 unspecified atom stereocenters. The van der Waals surface area contributed by atoms with Crippen LogP contribution in [0, 0.1) is 18.6 Å². The Morgan fingerprint density at radius 3 is 2.62 bits per heavy atom. The Bertz CT molecular complexity index is 544. The normalized spacial score (nSPS) is 10.5. The van der Waals surface area contributed by atoms with E-state index in [0.717, 1.165) is 17.7 Å². The van der Waals surface area contributed by atoms with Gasteiger partial charge in [0.15, 0.2) is 11.6 Å². The van der Waals surface area contributed by atoms with Crippen LogP contribution in [0.4, 0.5) is 8.78 Å². The van der Waals surface area contributed by atoms with E-state index in [1.165, 1.54) is 12.3 Å². The molecule has 0 saturated carbocycles. The predicted octanol–water partition coefficient (Wildman–Crippen LogP) is 3.38. The molecule has 0 spiro atoms. The molecule has 1 aromatic heterocycles. The summed E-state index contributed by atoms with van der Waals surface area (Å²) < 4.78 is 25.8. The van der Waals surface area contributed by atoms with Crippen molar-refractivity contribution in [3.05, 3.63) is 46.9 Å². The van der Waals surface area contributed by atoms with Crippen LogP contribution in [0.3, 0.4) is 0 Å². The van der Waals surface area contributed by atoms with Crippen LogP contribution in [0.1, 0.15) is 5.56 Å². The molecule has 0 atom stereocenters. The third-order valence-electron chi connectivity index (χ3n) is 2.14. The molecule has 1 aromatic carbocycles. The van der Waals surface area contributed by atoms with Gasteiger partial charge in [-0.25, -0.2) is 18.7 Å². The van der Waals surface area contributed by atoms with Crippen molar-refractivity contribution in [2.45, 2.75) is 6.92 Å². The first kappa shape index (κ1) is 11.0. The highest BCUT2D eigenvalue weighted by Crippen LogP contribution is 2.23. The molecule has 0 saturated heterocycles. The minimum Gasteiger partial charge on any atom is -0.226 e. The van der Waals surface area contributed by atoms with Gasteiger partial charge in [0.2, 0.25) is 5.28 Å². The number of hydrogen-bond acceptors (Lipinski definition) is 2. The summed E-state index contributed by atoms with van der Waals surface area (Å²) in [7, 11) is 0. The van der Waals surface area contributed by atoms with Crippen molar-refractivity contribution in [3.63, 3.8) is 0 Å². The van der Waals surface area contributed by atoms with Gasteiger partial charge in [0.05, 0.1) is 5.69 Å². The molecule has 0 amide bonds. The summed E-state index contributed by atoms with van der Waals surface area (Å²) in [6, 6.07) is 3.59. The lowest BCUT2D eigenvalue weighted by atomic mass is 10.1. The highest BCUT2D eigenvalue weighted by molar-refractivity contribution is 6.28. The van der Waals surface area contributed by atoms with Crippen LogP contribution in [0.5, 0.6) is 0 Å². The number of hydrogen-bond donors (Lipinski definition) is 0. The van der Waals surface area contributed by atoms with Gasteiger partial charge < -0.3 is 0 Å². The number of benzene rings is 1. The Balaban J connectivity index is 2.58. The predicted molar refractivity (Wildman–Crippen MR) is 57.1 cm³/mol. The van der Waals surface area contributed by atoms with Gasteiger partial charge in [-0.05, 0) is 42.3 Å². The van der Waals surface area contributed by atoms with Crippen molar-refractivity contribution in [1.82, 2.24) is 9.97 Å². The van der Waals surface area contributed by atoms with Crippen LogP contribution in [0.2, 0.25) is 5.28 Å². The lowest BCUT2D eigenvalue weighted by molar-refractivity contribution is 0.509. The second kappa shape index (κ2) is 4.14. The largest absolute Gasteiger partial charge is 0.226 e. The van der Waals surface area contributed by atoms with Crippen LogP contribution >= 0.6 is 11.6 Å². The molecule has 16 heavy (non-hydrogen) atoms. The van der Waals surface area contributed by atoms with E-state index in [9.17, 15) is 8.78 Å². The number of aryl methyl sites for hydroxylation is 1. The molecular weight excluding hydrogens is 234 g/mol. The quantitative estimate of drug-likeness (QED) is 0.714. The molecule has 0 aliphatic heterocycles. The highest BCUT2D eigenvalue weighted by atomic mass is 35.5. The van der Waals surface area contributed by atoms with E-state index >= 15 is 0 Å². The minimum absolute atomic E-state index is 0.0744. The molecule has 5 heteroatoms. The average Bonchev–Trinajstić information content (AvgIpc) is 2.26.